The number of nitrogens with zero attached hydrogens (tertiary/aromatic N) is 2. The quantitative estimate of drug-likeness (QED) is 0.757. The first-order chi connectivity index (χ1) is 11.3. The normalized spacial score (nSPS) is 11.5. The third-order valence-electron chi connectivity index (χ3n) is 3.22. The fraction of sp³-hybridized carbons (Fsp3) is 0.235. The van der Waals surface area contributed by atoms with Crippen molar-refractivity contribution in [3.05, 3.63) is 52.9 Å². The molecule has 3 rings (SSSR count). The van der Waals surface area contributed by atoms with Gasteiger partial charge in [-0.1, -0.05) is 18.2 Å². The van der Waals surface area contributed by atoms with E-state index in [9.17, 15) is 9.59 Å². The number of amides is 1. The molecule has 1 aromatic carbocycles. The van der Waals surface area contributed by atoms with Crippen molar-refractivity contribution in [2.45, 2.75) is 26.4 Å². The van der Waals surface area contributed by atoms with Crippen LogP contribution in [-0.2, 0) is 4.74 Å². The largest absolute Gasteiger partial charge is 0.444 e. The highest BCUT2D eigenvalue weighted by Gasteiger charge is 2.17. The summed E-state index contributed by atoms with van der Waals surface area (Å²) in [6, 6.07) is 11.0. The minimum atomic E-state index is -0.603. The fourth-order valence-corrected chi connectivity index (χ4v) is 2.28. The molecule has 0 saturated heterocycles. The number of benzene rings is 1. The van der Waals surface area contributed by atoms with E-state index in [0.29, 0.717) is 16.7 Å². The molecule has 0 atom stereocenters. The molecule has 24 heavy (non-hydrogen) atoms. The van der Waals surface area contributed by atoms with Gasteiger partial charge in [-0.05, 0) is 32.9 Å². The summed E-state index contributed by atoms with van der Waals surface area (Å²) in [5.74, 6) is 0.306. The van der Waals surface area contributed by atoms with Crippen LogP contribution >= 0.6 is 0 Å². The van der Waals surface area contributed by atoms with Crippen LogP contribution in [0.15, 0.2) is 47.4 Å². The highest BCUT2D eigenvalue weighted by molar-refractivity contribution is 5.88. The Hall–Kier alpha value is -3.09. The summed E-state index contributed by atoms with van der Waals surface area (Å²) in [7, 11) is 0. The minimum Gasteiger partial charge on any atom is -0.444 e. The van der Waals surface area contributed by atoms with Crippen LogP contribution in [0.5, 0.6) is 0 Å². The highest BCUT2D eigenvalue weighted by atomic mass is 16.6. The Morgan fingerprint density at radius 1 is 1.25 bits per heavy atom. The predicted octanol–water partition coefficient (Wildman–Crippen LogP) is 3.06. The van der Waals surface area contributed by atoms with Crippen molar-refractivity contribution < 1.29 is 9.53 Å². The lowest BCUT2D eigenvalue weighted by Gasteiger charge is -2.19. The summed E-state index contributed by atoms with van der Waals surface area (Å²) in [6.45, 7) is 5.34. The number of hydrogen-bond donors (Lipinski definition) is 2. The van der Waals surface area contributed by atoms with Crippen molar-refractivity contribution in [2.24, 2.45) is 0 Å². The van der Waals surface area contributed by atoms with E-state index >= 15 is 0 Å². The number of rotatable bonds is 2. The first-order valence-corrected chi connectivity index (χ1v) is 7.50. The van der Waals surface area contributed by atoms with Crippen LogP contribution in [0.1, 0.15) is 20.8 Å². The first-order valence-electron chi connectivity index (χ1n) is 7.50. The molecule has 1 amide bonds. The number of nitrogens with one attached hydrogen (secondary N) is 2. The Kier molecular flexibility index (Phi) is 3.84. The van der Waals surface area contributed by atoms with E-state index in [2.05, 4.69) is 15.4 Å². The maximum absolute atomic E-state index is 12.1. The van der Waals surface area contributed by atoms with Gasteiger partial charge in [-0.2, -0.15) is 0 Å². The Morgan fingerprint density at radius 3 is 2.62 bits per heavy atom. The van der Waals surface area contributed by atoms with Crippen LogP contribution < -0.4 is 10.9 Å². The second-order valence-electron chi connectivity index (χ2n) is 6.33. The molecule has 0 fully saturated rings. The van der Waals surface area contributed by atoms with E-state index in [1.165, 1.54) is 6.20 Å². The van der Waals surface area contributed by atoms with Crippen molar-refractivity contribution in [3.8, 4) is 5.69 Å². The zero-order valence-electron chi connectivity index (χ0n) is 13.7. The Bertz CT molecular complexity index is 936. The fourth-order valence-electron chi connectivity index (χ4n) is 2.28. The van der Waals surface area contributed by atoms with E-state index in [4.69, 9.17) is 4.74 Å². The topological polar surface area (TPSA) is 89.0 Å². The maximum atomic E-state index is 12.1. The SMILES string of the molecule is CC(C)(C)OC(=O)Nc1cc2c(cn1)c(=O)[nH]n2-c1ccccc1. The lowest BCUT2D eigenvalue weighted by molar-refractivity contribution is 0.0635. The standard InChI is InChI=1S/C17H18N4O3/c1-17(2,3)24-16(23)19-14-9-13-12(10-18-14)15(22)20-21(13)11-7-5-4-6-8-11/h4-10H,1-3H3,(H,20,22)(H,18,19,23). The summed E-state index contributed by atoms with van der Waals surface area (Å²) in [6.07, 6.45) is 0.832. The molecule has 0 aliphatic rings. The Balaban J connectivity index is 1.99. The summed E-state index contributed by atoms with van der Waals surface area (Å²) in [5.41, 5.74) is 0.574. The number of anilines is 1. The number of hydrogen-bond acceptors (Lipinski definition) is 4. The number of H-pyrrole nitrogens is 1. The van der Waals surface area contributed by atoms with Gasteiger partial charge in [-0.25, -0.2) is 9.78 Å². The maximum Gasteiger partial charge on any atom is 0.413 e. The van der Waals surface area contributed by atoms with Crippen LogP contribution in [0.2, 0.25) is 0 Å². The van der Waals surface area contributed by atoms with Gasteiger partial charge < -0.3 is 4.74 Å². The van der Waals surface area contributed by atoms with Gasteiger partial charge in [-0.3, -0.25) is 19.9 Å². The molecular formula is C17H18N4O3. The number of fused-ring (bicyclic) bond motifs is 1. The Morgan fingerprint density at radius 2 is 1.96 bits per heavy atom. The zero-order valence-corrected chi connectivity index (χ0v) is 13.7. The monoisotopic (exact) mass is 326 g/mol. The van der Waals surface area contributed by atoms with Gasteiger partial charge >= 0.3 is 6.09 Å². The van der Waals surface area contributed by atoms with Gasteiger partial charge in [0.15, 0.2) is 0 Å². The van der Waals surface area contributed by atoms with Gasteiger partial charge in [0.2, 0.25) is 0 Å². The number of aromatic nitrogens is 3. The highest BCUT2D eigenvalue weighted by Crippen LogP contribution is 2.18. The van der Waals surface area contributed by atoms with Gasteiger partial charge in [0, 0.05) is 12.3 Å². The van der Waals surface area contributed by atoms with E-state index in [1.54, 1.807) is 31.5 Å². The van der Waals surface area contributed by atoms with Crippen molar-refractivity contribution in [1.29, 1.82) is 0 Å². The van der Waals surface area contributed by atoms with E-state index in [0.717, 1.165) is 5.69 Å². The molecule has 7 nitrogen and oxygen atoms in total. The van der Waals surface area contributed by atoms with Gasteiger partial charge in [-0.15, -0.1) is 0 Å². The van der Waals surface area contributed by atoms with Crippen molar-refractivity contribution >= 4 is 22.8 Å². The Labute approximate surface area is 138 Å². The molecule has 0 aliphatic heterocycles. The van der Waals surface area contributed by atoms with Crippen LogP contribution in [-0.4, -0.2) is 26.5 Å². The number of carbonyl (C=O) groups excluding carboxylic acids is 1. The summed E-state index contributed by atoms with van der Waals surface area (Å²) < 4.78 is 6.86. The molecule has 2 N–H and O–H groups in total. The smallest absolute Gasteiger partial charge is 0.413 e. The van der Waals surface area contributed by atoms with Gasteiger partial charge in [0.1, 0.15) is 11.4 Å². The van der Waals surface area contributed by atoms with Crippen LogP contribution in [0.3, 0.4) is 0 Å². The van der Waals surface area contributed by atoms with Crippen LogP contribution in [0.4, 0.5) is 10.6 Å². The second kappa shape index (κ2) is 5.84. The van der Waals surface area contributed by atoms with Crippen molar-refractivity contribution in [1.82, 2.24) is 14.8 Å². The molecule has 2 heterocycles. The lowest BCUT2D eigenvalue weighted by Crippen LogP contribution is -2.27. The molecule has 0 spiro atoms. The molecular weight excluding hydrogens is 308 g/mol. The molecule has 3 aromatic rings. The van der Waals surface area contributed by atoms with Crippen LogP contribution in [0, 0.1) is 0 Å². The summed E-state index contributed by atoms with van der Waals surface area (Å²) in [4.78, 5) is 28.0. The molecule has 0 unspecified atom stereocenters. The number of para-hydroxylation sites is 1. The number of carbonyl (C=O) groups is 1. The van der Waals surface area contributed by atoms with E-state index in [-0.39, 0.29) is 5.56 Å². The summed E-state index contributed by atoms with van der Waals surface area (Å²) in [5, 5.41) is 5.78. The second-order valence-corrected chi connectivity index (χ2v) is 6.33. The lowest BCUT2D eigenvalue weighted by atomic mass is 10.2. The van der Waals surface area contributed by atoms with Gasteiger partial charge in [0.25, 0.3) is 5.56 Å². The average Bonchev–Trinajstić information content (AvgIpc) is 2.83. The summed E-state index contributed by atoms with van der Waals surface area (Å²) >= 11 is 0. The van der Waals surface area contributed by atoms with E-state index < -0.39 is 11.7 Å². The number of pyridine rings is 1. The number of aromatic amines is 1. The predicted molar refractivity (Wildman–Crippen MR) is 91.5 cm³/mol. The van der Waals surface area contributed by atoms with Crippen LogP contribution in [0.25, 0.3) is 16.6 Å². The molecule has 124 valence electrons. The number of ether oxygens (including phenoxy) is 1. The molecule has 0 aliphatic carbocycles. The van der Waals surface area contributed by atoms with Crippen molar-refractivity contribution in [3.63, 3.8) is 0 Å². The molecule has 7 heteroatoms. The minimum absolute atomic E-state index is 0.245. The third kappa shape index (κ3) is 3.29. The van der Waals surface area contributed by atoms with Crippen molar-refractivity contribution in [2.75, 3.05) is 5.32 Å². The average molecular weight is 326 g/mol. The molecule has 0 bridgehead atoms. The van der Waals surface area contributed by atoms with E-state index in [1.807, 2.05) is 30.3 Å². The molecule has 0 radical (unpaired) electrons. The molecule has 2 aromatic heterocycles. The third-order valence-corrected chi connectivity index (χ3v) is 3.22. The first kappa shape index (κ1) is 15.8. The molecule has 0 saturated carbocycles. The van der Waals surface area contributed by atoms with Gasteiger partial charge in [0.05, 0.1) is 16.6 Å². The zero-order chi connectivity index (χ0) is 17.3.